The Morgan fingerprint density at radius 2 is 0.485 bits per heavy atom. The molecule has 0 unspecified atom stereocenters. The van der Waals surface area contributed by atoms with Gasteiger partial charge < -0.3 is 9.11 Å². The smallest absolute Gasteiger partial charge is 0.726 e. The molecule has 0 saturated carbocycles. The summed E-state index contributed by atoms with van der Waals surface area (Å²) in [6.45, 7) is 0.00437. The molecule has 384 valence electrons. The summed E-state index contributed by atoms with van der Waals surface area (Å²) in [6, 6.07) is 12.9. The molecule has 14 nitrogen and oxygen atoms in total. The summed E-state index contributed by atoms with van der Waals surface area (Å²) < 4.78 is 132. The van der Waals surface area contributed by atoms with Gasteiger partial charge in [-0.3, -0.25) is 17.5 Å². The maximum atomic E-state index is 11.0. The van der Waals surface area contributed by atoms with Crippen molar-refractivity contribution in [2.75, 3.05) is 13.2 Å². The SMILES string of the molecule is O=S(=O)([O-])OCCCCCCCCCCCCCCCCCCc1ccc(S(=O)(=O)O)cc1.O=S(=O)([O-])OCCCCCCCCCCCCCCCCCCc1ccc(S(=O)(=O)O)cc1.[Na+].[Na+]. The zero-order chi connectivity index (χ0) is 48.8. The summed E-state index contributed by atoms with van der Waals surface area (Å²) in [4.78, 5) is -0.103. The van der Waals surface area contributed by atoms with Gasteiger partial charge in [-0.1, -0.05) is 204 Å². The summed E-state index contributed by atoms with van der Waals surface area (Å²) in [5.74, 6) is 0. The van der Waals surface area contributed by atoms with E-state index in [4.69, 9.17) is 9.11 Å². The Hall–Kier alpha value is 0.000000000000000444. The number of benzene rings is 2. The average Bonchev–Trinajstić information content (AvgIpc) is 3.24. The van der Waals surface area contributed by atoms with Crippen molar-refractivity contribution in [2.45, 2.75) is 228 Å². The molecule has 0 radical (unpaired) electrons. The molecule has 68 heavy (non-hydrogen) atoms. The third-order valence-corrected chi connectivity index (χ3v) is 14.3. The first-order valence-electron chi connectivity index (χ1n) is 24.7. The number of aryl methyl sites for hydroxylation is 2. The molecule has 0 amide bonds. The maximum Gasteiger partial charge on any atom is 1.00 e. The van der Waals surface area contributed by atoms with Crippen molar-refractivity contribution in [1.29, 1.82) is 0 Å². The number of hydrogen-bond donors (Lipinski definition) is 2. The van der Waals surface area contributed by atoms with E-state index in [-0.39, 0.29) is 82.1 Å². The third-order valence-electron chi connectivity index (χ3n) is 11.6. The van der Waals surface area contributed by atoms with E-state index >= 15 is 0 Å². The van der Waals surface area contributed by atoms with Crippen molar-refractivity contribution >= 4 is 41.0 Å². The monoisotopic (exact) mass is 1060 g/mol. The van der Waals surface area contributed by atoms with Crippen LogP contribution in [0.2, 0.25) is 0 Å². The van der Waals surface area contributed by atoms with Gasteiger partial charge in [0.25, 0.3) is 20.2 Å². The first kappa shape index (κ1) is 70.1. The molecule has 0 aliphatic carbocycles. The number of hydrogen-bond acceptors (Lipinski definition) is 12. The van der Waals surface area contributed by atoms with Crippen LogP contribution in [-0.4, -0.2) is 65.1 Å². The molecular weight excluding hydrogens is 975 g/mol. The van der Waals surface area contributed by atoms with Crippen LogP contribution in [-0.2, 0) is 62.2 Å². The van der Waals surface area contributed by atoms with Crippen LogP contribution in [0.3, 0.4) is 0 Å². The van der Waals surface area contributed by atoms with Crippen molar-refractivity contribution in [3.05, 3.63) is 59.7 Å². The van der Waals surface area contributed by atoms with Crippen molar-refractivity contribution in [1.82, 2.24) is 0 Å². The van der Waals surface area contributed by atoms with Crippen molar-refractivity contribution in [2.24, 2.45) is 0 Å². The van der Waals surface area contributed by atoms with E-state index in [0.717, 1.165) is 75.3 Å². The van der Waals surface area contributed by atoms with Crippen LogP contribution in [0.15, 0.2) is 58.3 Å². The van der Waals surface area contributed by atoms with E-state index in [1.54, 1.807) is 24.3 Å². The number of rotatable bonds is 42. The van der Waals surface area contributed by atoms with Gasteiger partial charge in [-0.25, -0.2) is 16.8 Å². The summed E-state index contributed by atoms with van der Waals surface area (Å²) >= 11 is 0. The standard InChI is InChI=1S/2C24H42O7S2.2Na/c2*25-32(26,27)24-20-18-23(19-21-24)17-15-13-11-9-7-5-3-1-2-4-6-8-10-12-14-16-22-31-33(28,29)30;;/h2*18-21H,1-17,22H2,(H,25,26,27)(H,28,29,30);;/q;;2*+1/p-2. The van der Waals surface area contributed by atoms with Gasteiger partial charge >= 0.3 is 59.1 Å². The van der Waals surface area contributed by atoms with Gasteiger partial charge in [0.05, 0.1) is 23.0 Å². The maximum absolute atomic E-state index is 11.0. The van der Waals surface area contributed by atoms with Crippen LogP contribution < -0.4 is 59.1 Å². The fourth-order valence-electron chi connectivity index (χ4n) is 7.79. The molecule has 0 fully saturated rings. The second-order valence-electron chi connectivity index (χ2n) is 17.5. The molecule has 0 spiro atoms. The number of unbranched alkanes of at least 4 members (excludes halogenated alkanes) is 30. The Labute approximate surface area is 457 Å². The van der Waals surface area contributed by atoms with Crippen LogP contribution in [0.25, 0.3) is 0 Å². The van der Waals surface area contributed by atoms with Gasteiger partial charge in [-0.05, 0) is 73.9 Å². The molecule has 0 aliphatic heterocycles. The fraction of sp³-hybridized carbons (Fsp3) is 0.750. The molecule has 0 aromatic heterocycles. The topological polar surface area (TPSA) is 242 Å². The van der Waals surface area contributed by atoms with Crippen molar-refractivity contribution in [3.63, 3.8) is 0 Å². The Morgan fingerprint density at radius 1 is 0.309 bits per heavy atom. The molecule has 0 heterocycles. The minimum absolute atomic E-state index is 0. The Kier molecular flexibility index (Phi) is 44.7. The van der Waals surface area contributed by atoms with Crippen LogP contribution in [0.4, 0.5) is 0 Å². The largest absolute Gasteiger partial charge is 1.00 e. The molecular formula is C48H82Na2O14S4. The van der Waals surface area contributed by atoms with E-state index in [1.165, 1.54) is 166 Å². The van der Waals surface area contributed by atoms with Crippen LogP contribution in [0.1, 0.15) is 217 Å². The second-order valence-corrected chi connectivity index (χ2v) is 22.5. The first-order chi connectivity index (χ1) is 31.4. The Morgan fingerprint density at radius 3 is 0.662 bits per heavy atom. The van der Waals surface area contributed by atoms with E-state index in [9.17, 15) is 42.8 Å². The summed E-state index contributed by atoms with van der Waals surface area (Å²) in [6.07, 6.45) is 39.4. The van der Waals surface area contributed by atoms with Gasteiger partial charge in [0.1, 0.15) is 0 Å². The average molecular weight is 1060 g/mol. The predicted octanol–water partition coefficient (Wildman–Crippen LogP) is 6.40. The van der Waals surface area contributed by atoms with Crippen LogP contribution >= 0.6 is 0 Å². The Balaban J connectivity index is 0. The molecule has 2 aromatic rings. The molecule has 2 aromatic carbocycles. The van der Waals surface area contributed by atoms with Crippen LogP contribution in [0, 0.1) is 0 Å². The van der Waals surface area contributed by atoms with E-state index in [0.29, 0.717) is 12.8 Å². The summed E-state index contributed by atoms with van der Waals surface area (Å²) in [5.41, 5.74) is 2.20. The normalized spacial score (nSPS) is 11.9. The molecule has 2 rings (SSSR count). The van der Waals surface area contributed by atoms with Gasteiger partial charge in [-0.2, -0.15) is 16.8 Å². The quantitative estimate of drug-likeness (QED) is 0.0317. The summed E-state index contributed by atoms with van der Waals surface area (Å²) in [5, 5.41) is 0. The molecule has 0 saturated heterocycles. The molecule has 0 bridgehead atoms. The Bertz CT molecular complexity index is 1790. The zero-order valence-corrected chi connectivity index (χ0v) is 48.8. The third kappa shape index (κ3) is 45.8. The molecule has 0 atom stereocenters. The minimum atomic E-state index is -4.53. The molecule has 0 aliphatic rings. The van der Waals surface area contributed by atoms with Gasteiger partial charge in [-0.15, -0.1) is 0 Å². The summed E-state index contributed by atoms with van der Waals surface area (Å²) in [7, 11) is -17.3. The van der Waals surface area contributed by atoms with E-state index in [1.807, 2.05) is 0 Å². The van der Waals surface area contributed by atoms with E-state index in [2.05, 4.69) is 8.37 Å². The van der Waals surface area contributed by atoms with E-state index < -0.39 is 41.0 Å². The van der Waals surface area contributed by atoms with Crippen molar-refractivity contribution in [3.8, 4) is 0 Å². The fourth-order valence-corrected chi connectivity index (χ4v) is 9.39. The van der Waals surface area contributed by atoms with Gasteiger partial charge in [0.15, 0.2) is 0 Å². The molecule has 20 heteroatoms. The predicted molar refractivity (Wildman–Crippen MR) is 259 cm³/mol. The zero-order valence-electron chi connectivity index (χ0n) is 41.5. The first-order valence-corrected chi connectivity index (χ1v) is 30.2. The minimum Gasteiger partial charge on any atom is -0.726 e. The van der Waals surface area contributed by atoms with Gasteiger partial charge in [0, 0.05) is 0 Å². The molecule has 2 N–H and O–H groups in total. The van der Waals surface area contributed by atoms with Crippen LogP contribution in [0.5, 0.6) is 0 Å². The van der Waals surface area contributed by atoms with Gasteiger partial charge in [0.2, 0.25) is 20.8 Å². The second kappa shape index (κ2) is 43.4. The van der Waals surface area contributed by atoms with Crippen molar-refractivity contribution < 1.29 is 119 Å².